The maximum Gasteiger partial charge on any atom is 0.270 e. The van der Waals surface area contributed by atoms with Crippen molar-refractivity contribution in [1.82, 2.24) is 15.3 Å². The van der Waals surface area contributed by atoms with Crippen LogP contribution in [0.2, 0.25) is 0 Å². The smallest absolute Gasteiger partial charge is 0.270 e. The Morgan fingerprint density at radius 3 is 2.83 bits per heavy atom. The standard InChI is InChI=1S/C12H10N4O2/c1-8-5-15-11(18-8)7-16-12(17)10-3-2-9(4-13)6-14-10/h2-3,5-6H,7H2,1H3,(H,16,17). The summed E-state index contributed by atoms with van der Waals surface area (Å²) in [6, 6.07) is 4.97. The molecule has 0 saturated heterocycles. The van der Waals surface area contributed by atoms with Crippen LogP contribution in [0.25, 0.3) is 0 Å². The molecule has 0 spiro atoms. The first-order valence-electron chi connectivity index (χ1n) is 5.24. The van der Waals surface area contributed by atoms with Gasteiger partial charge < -0.3 is 9.73 Å². The molecule has 0 radical (unpaired) electrons. The van der Waals surface area contributed by atoms with Crippen LogP contribution in [0.4, 0.5) is 0 Å². The first-order chi connectivity index (χ1) is 8.69. The van der Waals surface area contributed by atoms with Crippen molar-refractivity contribution in [3.8, 4) is 6.07 Å². The van der Waals surface area contributed by atoms with Gasteiger partial charge in [-0.3, -0.25) is 4.79 Å². The molecule has 0 bridgehead atoms. The number of oxazole rings is 1. The second-order valence-corrected chi connectivity index (χ2v) is 3.59. The zero-order chi connectivity index (χ0) is 13.0. The van der Waals surface area contributed by atoms with Crippen molar-refractivity contribution in [3.05, 3.63) is 47.4 Å². The lowest BCUT2D eigenvalue weighted by molar-refractivity contribution is 0.0942. The molecule has 0 aliphatic carbocycles. The molecular formula is C12H10N4O2. The van der Waals surface area contributed by atoms with Crippen molar-refractivity contribution in [2.24, 2.45) is 0 Å². The predicted octanol–water partition coefficient (Wildman–Crippen LogP) is 1.18. The van der Waals surface area contributed by atoms with Crippen LogP contribution in [0.3, 0.4) is 0 Å². The number of aryl methyl sites for hydroxylation is 1. The van der Waals surface area contributed by atoms with Gasteiger partial charge in [-0.15, -0.1) is 0 Å². The summed E-state index contributed by atoms with van der Waals surface area (Å²) in [6.45, 7) is 1.98. The number of aromatic nitrogens is 2. The number of hydrogen-bond acceptors (Lipinski definition) is 5. The molecule has 2 heterocycles. The number of hydrogen-bond donors (Lipinski definition) is 1. The first kappa shape index (κ1) is 11.8. The number of nitrogens with zero attached hydrogens (tertiary/aromatic N) is 3. The maximum atomic E-state index is 11.7. The van der Waals surface area contributed by atoms with E-state index in [0.717, 1.165) is 0 Å². The van der Waals surface area contributed by atoms with Gasteiger partial charge in [-0.1, -0.05) is 0 Å². The second-order valence-electron chi connectivity index (χ2n) is 3.59. The van der Waals surface area contributed by atoms with E-state index in [1.54, 1.807) is 13.1 Å². The Kier molecular flexibility index (Phi) is 3.34. The van der Waals surface area contributed by atoms with Gasteiger partial charge in [0.2, 0.25) is 5.89 Å². The number of carbonyl (C=O) groups is 1. The van der Waals surface area contributed by atoms with E-state index in [-0.39, 0.29) is 18.1 Å². The molecule has 6 heteroatoms. The molecule has 90 valence electrons. The summed E-state index contributed by atoms with van der Waals surface area (Å²) >= 11 is 0. The van der Waals surface area contributed by atoms with E-state index >= 15 is 0 Å². The lowest BCUT2D eigenvalue weighted by Gasteiger charge is -2.01. The number of rotatable bonds is 3. The fourth-order valence-corrected chi connectivity index (χ4v) is 1.32. The fourth-order valence-electron chi connectivity index (χ4n) is 1.32. The normalized spacial score (nSPS) is 9.78. The molecule has 0 aliphatic heterocycles. The molecule has 18 heavy (non-hydrogen) atoms. The Morgan fingerprint density at radius 1 is 1.44 bits per heavy atom. The van der Waals surface area contributed by atoms with Crippen LogP contribution >= 0.6 is 0 Å². The summed E-state index contributed by atoms with van der Waals surface area (Å²) in [5.74, 6) is 0.792. The van der Waals surface area contributed by atoms with Gasteiger partial charge in [0.15, 0.2) is 0 Å². The monoisotopic (exact) mass is 242 g/mol. The van der Waals surface area contributed by atoms with Crippen molar-refractivity contribution in [1.29, 1.82) is 5.26 Å². The largest absolute Gasteiger partial charge is 0.444 e. The van der Waals surface area contributed by atoms with Gasteiger partial charge in [0.05, 0.1) is 18.3 Å². The van der Waals surface area contributed by atoms with Gasteiger partial charge in [0, 0.05) is 6.20 Å². The van der Waals surface area contributed by atoms with Crippen LogP contribution in [-0.4, -0.2) is 15.9 Å². The molecule has 1 N–H and O–H groups in total. The highest BCUT2D eigenvalue weighted by molar-refractivity contribution is 5.92. The van der Waals surface area contributed by atoms with Crippen molar-refractivity contribution in [3.63, 3.8) is 0 Å². The van der Waals surface area contributed by atoms with Gasteiger partial charge in [-0.25, -0.2) is 9.97 Å². The summed E-state index contributed by atoms with van der Waals surface area (Å²) in [7, 11) is 0. The minimum atomic E-state index is -0.338. The molecule has 2 aromatic rings. The molecular weight excluding hydrogens is 232 g/mol. The average Bonchev–Trinajstić information content (AvgIpc) is 2.82. The van der Waals surface area contributed by atoms with E-state index < -0.39 is 0 Å². The number of nitrogens with one attached hydrogen (secondary N) is 1. The quantitative estimate of drug-likeness (QED) is 0.872. The molecule has 2 aromatic heterocycles. The van der Waals surface area contributed by atoms with Gasteiger partial charge in [-0.05, 0) is 19.1 Å². The van der Waals surface area contributed by atoms with E-state index in [4.69, 9.17) is 9.68 Å². The topological polar surface area (TPSA) is 91.8 Å². The third-order valence-electron chi connectivity index (χ3n) is 2.19. The third kappa shape index (κ3) is 2.71. The molecule has 1 amide bonds. The summed E-state index contributed by atoms with van der Waals surface area (Å²) in [4.78, 5) is 19.5. The van der Waals surface area contributed by atoms with Crippen molar-refractivity contribution in [2.45, 2.75) is 13.5 Å². The summed E-state index contributed by atoms with van der Waals surface area (Å²) < 4.78 is 5.22. The lowest BCUT2D eigenvalue weighted by atomic mass is 10.2. The molecule has 0 aromatic carbocycles. The second kappa shape index (κ2) is 5.10. The number of pyridine rings is 1. The highest BCUT2D eigenvalue weighted by atomic mass is 16.4. The number of amides is 1. The van der Waals surface area contributed by atoms with Gasteiger partial charge >= 0.3 is 0 Å². The number of carbonyl (C=O) groups excluding carboxylic acids is 1. The summed E-state index contributed by atoms with van der Waals surface area (Å²) in [6.07, 6.45) is 2.94. The fraction of sp³-hybridized carbons (Fsp3) is 0.167. The lowest BCUT2D eigenvalue weighted by Crippen LogP contribution is -2.23. The Balaban J connectivity index is 1.97. The SMILES string of the molecule is Cc1cnc(CNC(=O)c2ccc(C#N)cn2)o1. The van der Waals surface area contributed by atoms with E-state index in [1.807, 2.05) is 6.07 Å². The van der Waals surface area contributed by atoms with Crippen LogP contribution in [0, 0.1) is 18.3 Å². The van der Waals surface area contributed by atoms with Crippen molar-refractivity contribution >= 4 is 5.91 Å². The highest BCUT2D eigenvalue weighted by Gasteiger charge is 2.08. The zero-order valence-corrected chi connectivity index (χ0v) is 9.67. The molecule has 0 saturated carbocycles. The van der Waals surface area contributed by atoms with Crippen LogP contribution in [-0.2, 0) is 6.54 Å². The molecule has 0 fully saturated rings. The van der Waals surface area contributed by atoms with Crippen LogP contribution < -0.4 is 5.32 Å². The molecule has 6 nitrogen and oxygen atoms in total. The van der Waals surface area contributed by atoms with Crippen LogP contribution in [0.15, 0.2) is 28.9 Å². The van der Waals surface area contributed by atoms with E-state index in [2.05, 4.69) is 15.3 Å². The Labute approximate surface area is 103 Å². The average molecular weight is 242 g/mol. The Morgan fingerprint density at radius 2 is 2.28 bits per heavy atom. The maximum absolute atomic E-state index is 11.7. The third-order valence-corrected chi connectivity index (χ3v) is 2.19. The van der Waals surface area contributed by atoms with Crippen molar-refractivity contribution in [2.75, 3.05) is 0 Å². The zero-order valence-electron chi connectivity index (χ0n) is 9.67. The first-order valence-corrected chi connectivity index (χ1v) is 5.24. The molecule has 0 atom stereocenters. The summed E-state index contributed by atoms with van der Waals surface area (Å²) in [5, 5.41) is 11.2. The predicted molar refractivity (Wildman–Crippen MR) is 61.4 cm³/mol. The van der Waals surface area contributed by atoms with Gasteiger partial charge in [0.1, 0.15) is 17.5 Å². The minimum Gasteiger partial charge on any atom is -0.444 e. The van der Waals surface area contributed by atoms with Crippen molar-refractivity contribution < 1.29 is 9.21 Å². The van der Waals surface area contributed by atoms with E-state index in [0.29, 0.717) is 17.2 Å². The molecule has 0 aliphatic rings. The Bertz CT molecular complexity index is 595. The Hall–Kier alpha value is -2.68. The summed E-state index contributed by atoms with van der Waals surface area (Å²) in [5.41, 5.74) is 0.659. The minimum absolute atomic E-state index is 0.203. The van der Waals surface area contributed by atoms with Crippen LogP contribution in [0.1, 0.15) is 27.7 Å². The highest BCUT2D eigenvalue weighted by Crippen LogP contribution is 2.02. The van der Waals surface area contributed by atoms with Gasteiger partial charge in [0.25, 0.3) is 5.91 Å². The molecule has 0 unspecified atom stereocenters. The van der Waals surface area contributed by atoms with Gasteiger partial charge in [-0.2, -0.15) is 5.26 Å². The van der Waals surface area contributed by atoms with E-state index in [9.17, 15) is 4.79 Å². The number of nitriles is 1. The molecule has 2 rings (SSSR count). The van der Waals surface area contributed by atoms with E-state index in [1.165, 1.54) is 18.3 Å². The van der Waals surface area contributed by atoms with Crippen LogP contribution in [0.5, 0.6) is 0 Å².